The van der Waals surface area contributed by atoms with Crippen molar-refractivity contribution < 1.29 is 0 Å². The Bertz CT molecular complexity index is 3540. The second-order valence-corrected chi connectivity index (χ2v) is 15.9. The molecule has 66 heavy (non-hydrogen) atoms. The van der Waals surface area contributed by atoms with E-state index in [0.717, 1.165) is 72.9 Å². The summed E-state index contributed by atoms with van der Waals surface area (Å²) in [4.78, 5) is 26.8. The number of aromatic nitrogens is 7. The van der Waals surface area contributed by atoms with Gasteiger partial charge in [0.1, 0.15) is 22.9 Å². The maximum atomic E-state index is 5.49. The highest BCUT2D eigenvalue weighted by Crippen LogP contribution is 2.40. The Hall–Kier alpha value is -9.07. The van der Waals surface area contributed by atoms with E-state index in [1.165, 1.54) is 0 Å². The molecule has 11 rings (SSSR count). The van der Waals surface area contributed by atoms with Gasteiger partial charge in [0.15, 0.2) is 0 Å². The summed E-state index contributed by atoms with van der Waals surface area (Å²) in [6.45, 7) is 8.25. The Balaban J connectivity index is 1.17. The van der Waals surface area contributed by atoms with Crippen molar-refractivity contribution in [2.45, 2.75) is 0 Å². The third-order valence-corrected chi connectivity index (χ3v) is 11.7. The number of hydrogen-bond donors (Lipinski definition) is 0. The van der Waals surface area contributed by atoms with Crippen molar-refractivity contribution in [3.63, 3.8) is 0 Å². The van der Waals surface area contributed by atoms with Crippen LogP contribution in [0.25, 0.3) is 119 Å². The summed E-state index contributed by atoms with van der Waals surface area (Å²) in [6.07, 6.45) is 5.58. The van der Waals surface area contributed by atoms with E-state index in [4.69, 9.17) is 24.9 Å². The van der Waals surface area contributed by atoms with Gasteiger partial charge in [-0.1, -0.05) is 171 Å². The predicted molar refractivity (Wildman–Crippen MR) is 270 cm³/mol. The van der Waals surface area contributed by atoms with E-state index in [1.54, 1.807) is 12.3 Å². The highest BCUT2D eigenvalue weighted by molar-refractivity contribution is 5.87. The van der Waals surface area contributed by atoms with Gasteiger partial charge in [-0.15, -0.1) is 0 Å². The van der Waals surface area contributed by atoms with Crippen molar-refractivity contribution in [2.24, 2.45) is 0 Å². The van der Waals surface area contributed by atoms with E-state index in [9.17, 15) is 0 Å². The van der Waals surface area contributed by atoms with Crippen molar-refractivity contribution in [1.82, 2.24) is 33.9 Å². The largest absolute Gasteiger partial charge is 0.300 e. The van der Waals surface area contributed by atoms with Gasteiger partial charge < -0.3 is 0 Å². The van der Waals surface area contributed by atoms with Crippen molar-refractivity contribution in [1.29, 1.82) is 0 Å². The molecule has 6 heterocycles. The number of benzene rings is 5. The number of pyridine rings is 4. The Morgan fingerprint density at radius 1 is 0.333 bits per heavy atom. The molecule has 0 N–H and O–H groups in total. The lowest BCUT2D eigenvalue weighted by molar-refractivity contribution is 1.11. The molecule has 0 fully saturated rings. The van der Waals surface area contributed by atoms with Crippen LogP contribution < -0.4 is 0 Å². The van der Waals surface area contributed by atoms with Gasteiger partial charge in [-0.3, -0.25) is 8.97 Å². The van der Waals surface area contributed by atoms with Gasteiger partial charge in [-0.25, -0.2) is 24.9 Å². The number of fused-ring (bicyclic) bond motifs is 1. The molecule has 11 aromatic rings. The van der Waals surface area contributed by atoms with Crippen molar-refractivity contribution >= 4 is 17.9 Å². The fourth-order valence-corrected chi connectivity index (χ4v) is 8.63. The minimum Gasteiger partial charge on any atom is -0.300 e. The Labute approximate surface area is 383 Å². The van der Waals surface area contributed by atoms with Gasteiger partial charge in [0.05, 0.1) is 45.6 Å². The molecular weight excluding hydrogens is 807 g/mol. The molecule has 7 heteroatoms. The molecule has 0 saturated carbocycles. The van der Waals surface area contributed by atoms with Crippen LogP contribution in [0.3, 0.4) is 0 Å². The molecule has 0 aliphatic carbocycles. The second kappa shape index (κ2) is 17.2. The molecule has 0 amide bonds. The lowest BCUT2D eigenvalue weighted by Gasteiger charge is -2.14. The predicted octanol–water partition coefficient (Wildman–Crippen LogP) is 14.5. The quantitative estimate of drug-likeness (QED) is 0.130. The molecule has 0 aliphatic heterocycles. The Kier molecular flexibility index (Phi) is 10.4. The summed E-state index contributed by atoms with van der Waals surface area (Å²) in [5.74, 6) is 0.667. The number of hydrogen-bond acceptors (Lipinski definition) is 5. The zero-order chi connectivity index (χ0) is 44.4. The summed E-state index contributed by atoms with van der Waals surface area (Å²) in [5, 5.41) is 0. The SMILES string of the molecule is C=Cc1nc(-c2cc(-c3ccccc3)cc(-c3cc(-c4ccccc4)cc(-c4cc(-c5ccccc5)cc(-c5nc6ccccn6c5-c5ccccc5)n4)n3)n2)c(-c2ccccc2)n1C=C. The molecule has 0 saturated heterocycles. The van der Waals surface area contributed by atoms with Crippen LogP contribution in [0, 0.1) is 0 Å². The fraction of sp³-hybridized carbons (Fsp3) is 0. The van der Waals surface area contributed by atoms with Gasteiger partial charge in [0.2, 0.25) is 0 Å². The summed E-state index contributed by atoms with van der Waals surface area (Å²) >= 11 is 0. The molecule has 0 unspecified atom stereocenters. The monoisotopic (exact) mass is 847 g/mol. The smallest absolute Gasteiger partial charge is 0.138 e. The van der Waals surface area contributed by atoms with Crippen LogP contribution in [0.4, 0.5) is 0 Å². The fourth-order valence-electron chi connectivity index (χ4n) is 8.63. The lowest BCUT2D eigenvalue weighted by atomic mass is 9.98. The molecule has 6 aromatic heterocycles. The summed E-state index contributed by atoms with van der Waals surface area (Å²) in [5.41, 5.74) is 16.4. The Morgan fingerprint density at radius 2 is 0.697 bits per heavy atom. The number of nitrogens with zero attached hydrogens (tertiary/aromatic N) is 7. The molecule has 0 bridgehead atoms. The first-order chi connectivity index (χ1) is 32.6. The van der Waals surface area contributed by atoms with Gasteiger partial charge in [-0.2, -0.15) is 0 Å². The van der Waals surface area contributed by atoms with Crippen LogP contribution in [0.2, 0.25) is 0 Å². The van der Waals surface area contributed by atoms with Crippen LogP contribution >= 0.6 is 0 Å². The first-order valence-corrected chi connectivity index (χ1v) is 21.8. The second-order valence-electron chi connectivity index (χ2n) is 15.9. The summed E-state index contributed by atoms with van der Waals surface area (Å²) < 4.78 is 4.10. The topological polar surface area (TPSA) is 73.8 Å². The van der Waals surface area contributed by atoms with Crippen LogP contribution in [-0.2, 0) is 0 Å². The van der Waals surface area contributed by atoms with Crippen LogP contribution in [0.5, 0.6) is 0 Å². The summed E-state index contributed by atoms with van der Waals surface area (Å²) in [6, 6.07) is 70.5. The van der Waals surface area contributed by atoms with Crippen LogP contribution in [-0.4, -0.2) is 33.9 Å². The normalized spacial score (nSPS) is 11.2. The molecule has 0 spiro atoms. The maximum absolute atomic E-state index is 5.49. The van der Waals surface area contributed by atoms with Gasteiger partial charge >= 0.3 is 0 Å². The van der Waals surface area contributed by atoms with E-state index in [2.05, 4.69) is 169 Å². The van der Waals surface area contributed by atoms with Crippen LogP contribution in [0.1, 0.15) is 5.82 Å². The van der Waals surface area contributed by atoms with E-state index in [-0.39, 0.29) is 0 Å². The standard InChI is InChI=1S/C59H41N7/c1-3-54-63-56(58(65(54)4-2)43-28-16-8-17-29-43)52-38-46(41-24-12-6-13-25-41)36-50(61-52)48-34-45(40-22-10-5-11-23-40)35-49(60-48)51-37-47(42-26-14-7-15-27-42)39-53(62-51)57-59(44-30-18-9-19-31-44)66-33-21-20-32-55(66)64-57/h3-39H,1-2H2. The zero-order valence-corrected chi connectivity index (χ0v) is 35.9. The molecular formula is C59H41N7. The minimum atomic E-state index is 0.667. The first-order valence-electron chi connectivity index (χ1n) is 21.8. The van der Waals surface area contributed by atoms with Gasteiger partial charge in [0.25, 0.3) is 0 Å². The molecule has 312 valence electrons. The van der Waals surface area contributed by atoms with Gasteiger partial charge in [-0.05, 0) is 88.0 Å². The lowest BCUT2D eigenvalue weighted by Crippen LogP contribution is -1.99. The van der Waals surface area contributed by atoms with E-state index in [0.29, 0.717) is 40.0 Å². The molecule has 0 aliphatic rings. The van der Waals surface area contributed by atoms with Crippen molar-refractivity contribution in [2.75, 3.05) is 0 Å². The highest BCUT2D eigenvalue weighted by atomic mass is 15.1. The van der Waals surface area contributed by atoms with Gasteiger partial charge in [0, 0.05) is 23.5 Å². The van der Waals surface area contributed by atoms with E-state index < -0.39 is 0 Å². The van der Waals surface area contributed by atoms with Crippen molar-refractivity contribution in [3.05, 3.63) is 231 Å². The average molecular weight is 848 g/mol. The zero-order valence-electron chi connectivity index (χ0n) is 35.9. The molecule has 0 atom stereocenters. The number of imidazole rings is 2. The average Bonchev–Trinajstić information content (AvgIpc) is 3.99. The molecule has 5 aromatic carbocycles. The first kappa shape index (κ1) is 39.8. The maximum Gasteiger partial charge on any atom is 0.138 e. The Morgan fingerprint density at radius 3 is 1.12 bits per heavy atom. The van der Waals surface area contributed by atoms with E-state index >= 15 is 0 Å². The van der Waals surface area contributed by atoms with E-state index in [1.807, 2.05) is 65.2 Å². The third-order valence-electron chi connectivity index (χ3n) is 11.7. The third kappa shape index (κ3) is 7.50. The summed E-state index contributed by atoms with van der Waals surface area (Å²) in [7, 11) is 0. The highest BCUT2D eigenvalue weighted by Gasteiger charge is 2.23. The molecule has 7 nitrogen and oxygen atoms in total. The number of rotatable bonds is 11. The van der Waals surface area contributed by atoms with Crippen LogP contribution in [0.15, 0.2) is 226 Å². The molecule has 0 radical (unpaired) electrons. The van der Waals surface area contributed by atoms with Crippen molar-refractivity contribution in [3.8, 4) is 101 Å². The minimum absolute atomic E-state index is 0.667.